The zero-order valence-corrected chi connectivity index (χ0v) is 10.9. The zero-order chi connectivity index (χ0) is 13.5. The summed E-state index contributed by atoms with van der Waals surface area (Å²) in [6.07, 6.45) is 1.62. The fourth-order valence-corrected chi connectivity index (χ4v) is 2.19. The third kappa shape index (κ3) is 4.19. The van der Waals surface area contributed by atoms with Crippen LogP contribution in [0.4, 0.5) is 5.69 Å². The highest BCUT2D eigenvalue weighted by atomic mass is 32.2. The summed E-state index contributed by atoms with van der Waals surface area (Å²) in [5.41, 5.74) is 1.27. The van der Waals surface area contributed by atoms with E-state index in [0.29, 0.717) is 22.8 Å². The molecule has 96 valence electrons. The maximum absolute atomic E-state index is 11.7. The van der Waals surface area contributed by atoms with Crippen LogP contribution in [0.2, 0.25) is 0 Å². The summed E-state index contributed by atoms with van der Waals surface area (Å²) in [5.74, 6) is 1.83. The highest BCUT2D eigenvalue weighted by Gasteiger charge is 2.04. The van der Waals surface area contributed by atoms with Crippen LogP contribution in [0, 0.1) is 11.3 Å². The Hall–Kier alpha value is -2.19. The molecule has 0 aliphatic rings. The van der Waals surface area contributed by atoms with Gasteiger partial charge < -0.3 is 9.73 Å². The first-order valence-electron chi connectivity index (χ1n) is 5.68. The average Bonchev–Trinajstić information content (AvgIpc) is 2.93. The molecular weight excluding hydrogens is 260 g/mol. The second kappa shape index (κ2) is 6.66. The first-order chi connectivity index (χ1) is 9.28. The molecule has 0 saturated carbocycles. The SMILES string of the molecule is N#Cc1ccc(NC(=O)CSCc2ccco2)cc1. The Balaban J connectivity index is 1.76. The van der Waals surface area contributed by atoms with Gasteiger partial charge in [0.2, 0.25) is 5.91 Å². The minimum Gasteiger partial charge on any atom is -0.468 e. The predicted octanol–water partition coefficient (Wildman–Crippen LogP) is 3.02. The molecule has 5 heteroatoms. The number of hydrogen-bond acceptors (Lipinski definition) is 4. The molecule has 1 aromatic heterocycles. The predicted molar refractivity (Wildman–Crippen MR) is 74.7 cm³/mol. The Bertz CT molecular complexity index is 570. The van der Waals surface area contributed by atoms with E-state index in [2.05, 4.69) is 5.32 Å². The molecule has 19 heavy (non-hydrogen) atoms. The van der Waals surface area contributed by atoms with E-state index >= 15 is 0 Å². The molecule has 0 bridgehead atoms. The van der Waals surface area contributed by atoms with Crippen molar-refractivity contribution in [2.45, 2.75) is 5.75 Å². The van der Waals surface area contributed by atoms with Gasteiger partial charge in [-0.15, -0.1) is 11.8 Å². The number of nitrogens with one attached hydrogen (secondary N) is 1. The van der Waals surface area contributed by atoms with Crippen LogP contribution < -0.4 is 5.32 Å². The quantitative estimate of drug-likeness (QED) is 0.908. The minimum absolute atomic E-state index is 0.0683. The molecule has 0 unspecified atom stereocenters. The van der Waals surface area contributed by atoms with Crippen LogP contribution in [0.3, 0.4) is 0 Å². The molecule has 0 aliphatic heterocycles. The van der Waals surface area contributed by atoms with Gasteiger partial charge in [-0.2, -0.15) is 5.26 Å². The van der Waals surface area contributed by atoms with Crippen LogP contribution in [0.5, 0.6) is 0 Å². The number of nitrogens with zero attached hydrogens (tertiary/aromatic N) is 1. The number of furan rings is 1. The summed E-state index contributed by atoms with van der Waals surface area (Å²) in [6, 6.07) is 12.5. The number of nitriles is 1. The lowest BCUT2D eigenvalue weighted by atomic mass is 10.2. The summed E-state index contributed by atoms with van der Waals surface area (Å²) in [5, 5.41) is 11.4. The molecule has 4 nitrogen and oxygen atoms in total. The summed E-state index contributed by atoms with van der Waals surface area (Å²) in [7, 11) is 0. The van der Waals surface area contributed by atoms with Crippen molar-refractivity contribution < 1.29 is 9.21 Å². The van der Waals surface area contributed by atoms with E-state index in [4.69, 9.17) is 9.68 Å². The maximum Gasteiger partial charge on any atom is 0.234 e. The van der Waals surface area contributed by atoms with Crippen molar-refractivity contribution in [3.05, 3.63) is 54.0 Å². The zero-order valence-electron chi connectivity index (χ0n) is 10.1. The minimum atomic E-state index is -0.0683. The molecule has 0 atom stereocenters. The normalized spacial score (nSPS) is 9.84. The molecule has 1 amide bonds. The van der Waals surface area contributed by atoms with Crippen molar-refractivity contribution in [3.8, 4) is 6.07 Å². The number of hydrogen-bond donors (Lipinski definition) is 1. The van der Waals surface area contributed by atoms with Gasteiger partial charge in [0.1, 0.15) is 5.76 Å². The highest BCUT2D eigenvalue weighted by molar-refractivity contribution is 7.99. The number of thioether (sulfide) groups is 1. The van der Waals surface area contributed by atoms with Crippen LogP contribution >= 0.6 is 11.8 Å². The lowest BCUT2D eigenvalue weighted by molar-refractivity contribution is -0.113. The van der Waals surface area contributed by atoms with Gasteiger partial charge in [0.05, 0.1) is 29.4 Å². The van der Waals surface area contributed by atoms with E-state index in [1.54, 1.807) is 30.5 Å². The van der Waals surface area contributed by atoms with E-state index < -0.39 is 0 Å². The first kappa shape index (κ1) is 13.2. The van der Waals surface area contributed by atoms with Gasteiger partial charge in [0.15, 0.2) is 0 Å². The fourth-order valence-electron chi connectivity index (χ4n) is 1.46. The molecule has 2 aromatic rings. The first-order valence-corrected chi connectivity index (χ1v) is 6.83. The lowest BCUT2D eigenvalue weighted by Crippen LogP contribution is -2.14. The monoisotopic (exact) mass is 272 g/mol. The van der Waals surface area contributed by atoms with Crippen LogP contribution in [-0.4, -0.2) is 11.7 Å². The van der Waals surface area contributed by atoms with Crippen molar-refractivity contribution in [2.75, 3.05) is 11.1 Å². The Labute approximate surface area is 115 Å². The number of anilines is 1. The van der Waals surface area contributed by atoms with Crippen molar-refractivity contribution in [3.63, 3.8) is 0 Å². The molecule has 1 heterocycles. The Morgan fingerprint density at radius 1 is 1.32 bits per heavy atom. The molecule has 1 N–H and O–H groups in total. The summed E-state index contributed by atoms with van der Waals surface area (Å²) < 4.78 is 5.18. The molecular formula is C14H12N2O2S. The lowest BCUT2D eigenvalue weighted by Gasteiger charge is -2.04. The van der Waals surface area contributed by atoms with Crippen molar-refractivity contribution in [2.24, 2.45) is 0 Å². The van der Waals surface area contributed by atoms with E-state index in [1.807, 2.05) is 18.2 Å². The average molecular weight is 272 g/mol. The number of amides is 1. The second-order valence-electron chi connectivity index (χ2n) is 3.81. The fraction of sp³-hybridized carbons (Fsp3) is 0.143. The van der Waals surface area contributed by atoms with E-state index in [1.165, 1.54) is 11.8 Å². The molecule has 2 rings (SSSR count). The third-order valence-corrected chi connectivity index (χ3v) is 3.31. The van der Waals surface area contributed by atoms with Gasteiger partial charge >= 0.3 is 0 Å². The number of rotatable bonds is 5. The van der Waals surface area contributed by atoms with Crippen LogP contribution in [0.15, 0.2) is 47.1 Å². The molecule has 0 fully saturated rings. The maximum atomic E-state index is 11.7. The summed E-state index contributed by atoms with van der Waals surface area (Å²) >= 11 is 1.49. The summed E-state index contributed by atoms with van der Waals surface area (Å²) in [4.78, 5) is 11.7. The molecule has 0 spiro atoms. The largest absolute Gasteiger partial charge is 0.468 e. The molecule has 1 aromatic carbocycles. The van der Waals surface area contributed by atoms with Crippen molar-refractivity contribution in [1.82, 2.24) is 0 Å². The number of benzene rings is 1. The number of carbonyl (C=O) groups is 1. The van der Waals surface area contributed by atoms with Gasteiger partial charge in [0.25, 0.3) is 0 Å². The molecule has 0 saturated heterocycles. The number of carbonyl (C=O) groups excluding carboxylic acids is 1. The van der Waals surface area contributed by atoms with Gasteiger partial charge in [-0.05, 0) is 36.4 Å². The van der Waals surface area contributed by atoms with Gasteiger partial charge in [-0.25, -0.2) is 0 Å². The Kier molecular flexibility index (Phi) is 4.65. The van der Waals surface area contributed by atoms with Crippen LogP contribution in [0.1, 0.15) is 11.3 Å². The van der Waals surface area contributed by atoms with Crippen molar-refractivity contribution >= 4 is 23.4 Å². The standard InChI is InChI=1S/C14H12N2O2S/c15-8-11-3-5-12(6-4-11)16-14(17)10-19-9-13-2-1-7-18-13/h1-7H,9-10H2,(H,16,17). The van der Waals surface area contributed by atoms with Gasteiger partial charge in [0, 0.05) is 5.69 Å². The second-order valence-corrected chi connectivity index (χ2v) is 4.80. The van der Waals surface area contributed by atoms with E-state index in [9.17, 15) is 4.79 Å². The van der Waals surface area contributed by atoms with Crippen LogP contribution in [0.25, 0.3) is 0 Å². The smallest absolute Gasteiger partial charge is 0.234 e. The van der Waals surface area contributed by atoms with Crippen LogP contribution in [-0.2, 0) is 10.5 Å². The molecule has 0 aliphatic carbocycles. The molecule has 0 radical (unpaired) electrons. The topological polar surface area (TPSA) is 66.0 Å². The van der Waals surface area contributed by atoms with Gasteiger partial charge in [-0.1, -0.05) is 0 Å². The van der Waals surface area contributed by atoms with Gasteiger partial charge in [-0.3, -0.25) is 4.79 Å². The third-order valence-electron chi connectivity index (χ3n) is 2.36. The van der Waals surface area contributed by atoms with Crippen molar-refractivity contribution in [1.29, 1.82) is 5.26 Å². The summed E-state index contributed by atoms with van der Waals surface area (Å²) in [6.45, 7) is 0. The van der Waals surface area contributed by atoms with E-state index in [0.717, 1.165) is 5.76 Å². The van der Waals surface area contributed by atoms with E-state index in [-0.39, 0.29) is 5.91 Å². The highest BCUT2D eigenvalue weighted by Crippen LogP contribution is 2.14. The Morgan fingerprint density at radius 2 is 2.11 bits per heavy atom. The Morgan fingerprint density at radius 3 is 2.74 bits per heavy atom.